The van der Waals surface area contributed by atoms with Gasteiger partial charge in [-0.3, -0.25) is 4.90 Å². The van der Waals surface area contributed by atoms with E-state index in [1.165, 1.54) is 12.7 Å². The minimum absolute atomic E-state index is 0.249. The van der Waals surface area contributed by atoms with Crippen LogP contribution in [0.5, 0.6) is 0 Å². The van der Waals surface area contributed by atoms with E-state index in [9.17, 15) is 4.79 Å². The largest absolute Gasteiger partial charge is 0.465 e. The molecule has 0 N–H and O–H groups in total. The number of ether oxygens (including phenoxy) is 1. The van der Waals surface area contributed by atoms with E-state index in [1.807, 2.05) is 18.2 Å². The molecule has 20 heavy (non-hydrogen) atoms. The summed E-state index contributed by atoms with van der Waals surface area (Å²) >= 11 is 0. The number of carbonyl (C=O) groups is 1. The Labute approximate surface area is 121 Å². The Balaban J connectivity index is 2.05. The maximum absolute atomic E-state index is 11.6. The topological polar surface area (TPSA) is 29.5 Å². The maximum atomic E-state index is 11.6. The van der Waals surface area contributed by atoms with Crippen LogP contribution >= 0.6 is 0 Å². The molecule has 0 amide bonds. The molecule has 1 aliphatic heterocycles. The quantitative estimate of drug-likeness (QED) is 0.774. The summed E-state index contributed by atoms with van der Waals surface area (Å²) in [5.41, 5.74) is 2.17. The standard InChI is InChI=1S/C17H25NO2/c1-17(2,3)18-10-8-13(9-11-18)14-6-5-7-15(12-14)16(19)20-4/h5-7,12-13H,8-11H2,1-4H3. The van der Waals surface area contributed by atoms with Crippen LogP contribution in [0.1, 0.15) is 55.5 Å². The smallest absolute Gasteiger partial charge is 0.337 e. The van der Waals surface area contributed by atoms with Crippen molar-refractivity contribution in [1.82, 2.24) is 4.90 Å². The molecule has 1 aliphatic rings. The predicted molar refractivity (Wildman–Crippen MR) is 81.1 cm³/mol. The summed E-state index contributed by atoms with van der Waals surface area (Å²) in [6, 6.07) is 7.89. The molecule has 0 unspecified atom stereocenters. The van der Waals surface area contributed by atoms with Crippen molar-refractivity contribution in [3.05, 3.63) is 35.4 Å². The van der Waals surface area contributed by atoms with Gasteiger partial charge in [0.25, 0.3) is 0 Å². The van der Waals surface area contributed by atoms with Gasteiger partial charge in [-0.15, -0.1) is 0 Å². The molecule has 0 aliphatic carbocycles. The van der Waals surface area contributed by atoms with Gasteiger partial charge in [-0.2, -0.15) is 0 Å². The van der Waals surface area contributed by atoms with Gasteiger partial charge in [0.2, 0.25) is 0 Å². The van der Waals surface area contributed by atoms with E-state index in [4.69, 9.17) is 4.74 Å². The van der Waals surface area contributed by atoms with E-state index in [0.717, 1.165) is 25.9 Å². The minimum atomic E-state index is -0.251. The summed E-state index contributed by atoms with van der Waals surface area (Å²) in [6.07, 6.45) is 2.31. The van der Waals surface area contributed by atoms with Crippen LogP contribution in [0.3, 0.4) is 0 Å². The Morgan fingerprint density at radius 2 is 1.90 bits per heavy atom. The lowest BCUT2D eigenvalue weighted by Gasteiger charge is -2.41. The van der Waals surface area contributed by atoms with Crippen molar-refractivity contribution in [2.75, 3.05) is 20.2 Å². The van der Waals surface area contributed by atoms with Gasteiger partial charge in [-0.05, 0) is 70.3 Å². The average molecular weight is 275 g/mol. The zero-order chi connectivity index (χ0) is 14.8. The monoisotopic (exact) mass is 275 g/mol. The highest BCUT2D eigenvalue weighted by molar-refractivity contribution is 5.89. The number of nitrogens with zero attached hydrogens (tertiary/aromatic N) is 1. The highest BCUT2D eigenvalue weighted by Crippen LogP contribution is 2.31. The molecule has 2 rings (SSSR count). The Morgan fingerprint density at radius 3 is 2.45 bits per heavy atom. The third kappa shape index (κ3) is 3.40. The number of likely N-dealkylation sites (tertiary alicyclic amines) is 1. The third-order valence-corrected chi connectivity index (χ3v) is 4.22. The van der Waals surface area contributed by atoms with Crippen molar-refractivity contribution in [2.45, 2.75) is 45.1 Å². The van der Waals surface area contributed by atoms with Crippen molar-refractivity contribution in [3.8, 4) is 0 Å². The van der Waals surface area contributed by atoms with Crippen LogP contribution in [0, 0.1) is 0 Å². The van der Waals surface area contributed by atoms with Crippen LogP contribution in [0.2, 0.25) is 0 Å². The van der Waals surface area contributed by atoms with E-state index < -0.39 is 0 Å². The molecule has 0 radical (unpaired) electrons. The van der Waals surface area contributed by atoms with Gasteiger partial charge < -0.3 is 4.74 Å². The molecule has 110 valence electrons. The number of piperidine rings is 1. The molecule has 3 nitrogen and oxygen atoms in total. The average Bonchev–Trinajstić information content (AvgIpc) is 2.46. The summed E-state index contributed by atoms with van der Waals surface area (Å²) in [6.45, 7) is 9.05. The van der Waals surface area contributed by atoms with Crippen molar-refractivity contribution < 1.29 is 9.53 Å². The lowest BCUT2D eigenvalue weighted by atomic mass is 9.87. The first-order valence-corrected chi connectivity index (χ1v) is 7.35. The van der Waals surface area contributed by atoms with E-state index in [-0.39, 0.29) is 11.5 Å². The summed E-state index contributed by atoms with van der Waals surface area (Å²) < 4.78 is 4.79. The van der Waals surface area contributed by atoms with Crippen molar-refractivity contribution >= 4 is 5.97 Å². The fourth-order valence-corrected chi connectivity index (χ4v) is 2.92. The van der Waals surface area contributed by atoms with E-state index in [0.29, 0.717) is 11.5 Å². The summed E-state index contributed by atoms with van der Waals surface area (Å²) in [4.78, 5) is 14.1. The van der Waals surface area contributed by atoms with Gasteiger partial charge in [0, 0.05) is 5.54 Å². The van der Waals surface area contributed by atoms with Crippen LogP contribution in [0.15, 0.2) is 24.3 Å². The molecule has 0 atom stereocenters. The van der Waals surface area contributed by atoms with E-state index in [2.05, 4.69) is 31.7 Å². The van der Waals surface area contributed by atoms with Crippen LogP contribution in [0.25, 0.3) is 0 Å². The zero-order valence-corrected chi connectivity index (χ0v) is 13.0. The zero-order valence-electron chi connectivity index (χ0n) is 13.0. The lowest BCUT2D eigenvalue weighted by Crippen LogP contribution is -2.45. The van der Waals surface area contributed by atoms with Crippen molar-refractivity contribution in [3.63, 3.8) is 0 Å². The first-order valence-electron chi connectivity index (χ1n) is 7.35. The molecule has 0 spiro atoms. The van der Waals surface area contributed by atoms with Crippen LogP contribution < -0.4 is 0 Å². The Morgan fingerprint density at radius 1 is 1.25 bits per heavy atom. The molecular weight excluding hydrogens is 250 g/mol. The second-order valence-corrected chi connectivity index (χ2v) is 6.55. The first kappa shape index (κ1) is 15.0. The van der Waals surface area contributed by atoms with Gasteiger partial charge in [0.15, 0.2) is 0 Å². The maximum Gasteiger partial charge on any atom is 0.337 e. The van der Waals surface area contributed by atoms with Gasteiger partial charge in [-0.25, -0.2) is 4.79 Å². The number of hydrogen-bond donors (Lipinski definition) is 0. The number of hydrogen-bond acceptors (Lipinski definition) is 3. The van der Waals surface area contributed by atoms with Crippen LogP contribution in [-0.2, 0) is 4.74 Å². The molecule has 0 saturated carbocycles. The molecule has 1 saturated heterocycles. The molecule has 0 aromatic heterocycles. The molecule has 1 heterocycles. The summed E-state index contributed by atoms with van der Waals surface area (Å²) in [7, 11) is 1.43. The SMILES string of the molecule is COC(=O)c1cccc(C2CCN(C(C)(C)C)CC2)c1. The van der Waals surface area contributed by atoms with Crippen LogP contribution in [-0.4, -0.2) is 36.6 Å². The Bertz CT molecular complexity index is 468. The molecule has 1 fully saturated rings. The Kier molecular flexibility index (Phi) is 4.48. The number of esters is 1. The number of benzene rings is 1. The van der Waals surface area contributed by atoms with Crippen LogP contribution in [0.4, 0.5) is 0 Å². The first-order chi connectivity index (χ1) is 9.41. The van der Waals surface area contributed by atoms with E-state index in [1.54, 1.807) is 0 Å². The fraction of sp³-hybridized carbons (Fsp3) is 0.588. The Hall–Kier alpha value is -1.35. The third-order valence-electron chi connectivity index (χ3n) is 4.22. The van der Waals surface area contributed by atoms with Crippen molar-refractivity contribution in [1.29, 1.82) is 0 Å². The molecule has 0 bridgehead atoms. The van der Waals surface area contributed by atoms with Gasteiger partial charge in [-0.1, -0.05) is 12.1 Å². The normalized spacial score (nSPS) is 18.0. The van der Waals surface area contributed by atoms with Gasteiger partial charge in [0.1, 0.15) is 0 Å². The second-order valence-electron chi connectivity index (χ2n) is 6.55. The summed E-state index contributed by atoms with van der Waals surface area (Å²) in [5.74, 6) is 0.303. The predicted octanol–water partition coefficient (Wildman–Crippen LogP) is 3.45. The minimum Gasteiger partial charge on any atom is -0.465 e. The van der Waals surface area contributed by atoms with E-state index >= 15 is 0 Å². The van der Waals surface area contributed by atoms with Gasteiger partial charge in [0.05, 0.1) is 12.7 Å². The fourth-order valence-electron chi connectivity index (χ4n) is 2.92. The number of carbonyl (C=O) groups excluding carboxylic acids is 1. The highest BCUT2D eigenvalue weighted by Gasteiger charge is 2.27. The molecule has 1 aromatic rings. The van der Waals surface area contributed by atoms with Gasteiger partial charge >= 0.3 is 5.97 Å². The second kappa shape index (κ2) is 5.96. The number of rotatable bonds is 2. The molecular formula is C17H25NO2. The summed E-state index contributed by atoms with van der Waals surface area (Å²) in [5, 5.41) is 0. The molecule has 1 aromatic carbocycles. The van der Waals surface area contributed by atoms with Crippen molar-refractivity contribution in [2.24, 2.45) is 0 Å². The molecule has 3 heteroatoms. The highest BCUT2D eigenvalue weighted by atomic mass is 16.5. The lowest BCUT2D eigenvalue weighted by molar-refractivity contribution is 0.0600. The number of methoxy groups -OCH3 is 1.